The maximum Gasteiger partial charge on any atom is 0.180 e. The maximum absolute atomic E-state index is 6.53. The lowest BCUT2D eigenvalue weighted by Gasteiger charge is -2.08. The van der Waals surface area contributed by atoms with E-state index in [1.165, 1.54) is 10.8 Å². The van der Waals surface area contributed by atoms with Crippen molar-refractivity contribution in [2.45, 2.75) is 0 Å². The molecule has 0 aliphatic heterocycles. The van der Waals surface area contributed by atoms with E-state index < -0.39 is 0 Å². The average Bonchev–Trinajstić information content (AvgIpc) is 3.86. The molecule has 0 aliphatic rings. The van der Waals surface area contributed by atoms with Gasteiger partial charge in [-0.05, 0) is 59.7 Å². The van der Waals surface area contributed by atoms with Gasteiger partial charge in [0.15, 0.2) is 11.4 Å². The number of nitrogens with zero attached hydrogens (tertiary/aromatic N) is 3. The number of hydrogen-bond acceptors (Lipinski definition) is 4. The molecule has 0 fully saturated rings. The van der Waals surface area contributed by atoms with E-state index in [2.05, 4.69) is 108 Å². The summed E-state index contributed by atoms with van der Waals surface area (Å²) in [6.07, 6.45) is 0. The molecule has 11 rings (SSSR count). The Bertz CT molecular complexity index is 3120. The molecule has 4 aromatic heterocycles. The third-order valence-electron chi connectivity index (χ3n) is 10.0. The maximum atomic E-state index is 6.53. The van der Waals surface area contributed by atoms with Crippen LogP contribution in [0.3, 0.4) is 0 Å². The topological polar surface area (TPSA) is 57.0 Å². The highest BCUT2D eigenvalue weighted by atomic mass is 16.3. The minimum Gasteiger partial charge on any atom is -0.456 e. The third-order valence-corrected chi connectivity index (χ3v) is 10.0. The van der Waals surface area contributed by atoms with Crippen LogP contribution in [-0.4, -0.2) is 14.5 Å². The number of fused-ring (bicyclic) bond motifs is 9. The summed E-state index contributed by atoms with van der Waals surface area (Å²) in [6, 6.07) is 56.8. The van der Waals surface area contributed by atoms with E-state index in [9.17, 15) is 0 Å². The summed E-state index contributed by atoms with van der Waals surface area (Å²) in [7, 11) is 0. The molecule has 5 heteroatoms. The zero-order valence-corrected chi connectivity index (χ0v) is 27.2. The highest BCUT2D eigenvalue weighted by Gasteiger charge is 2.20. The van der Waals surface area contributed by atoms with Crippen LogP contribution in [0.25, 0.3) is 105 Å². The predicted molar refractivity (Wildman–Crippen MR) is 207 cm³/mol. The molecule has 0 saturated heterocycles. The first-order valence-corrected chi connectivity index (χ1v) is 17.1. The van der Waals surface area contributed by atoms with Gasteiger partial charge in [0.2, 0.25) is 0 Å². The van der Waals surface area contributed by atoms with E-state index >= 15 is 0 Å². The fourth-order valence-corrected chi connectivity index (χ4v) is 7.60. The number of benzene rings is 7. The Labute approximate surface area is 291 Å². The molecule has 51 heavy (non-hydrogen) atoms. The van der Waals surface area contributed by atoms with Gasteiger partial charge in [0.1, 0.15) is 28.0 Å². The predicted octanol–water partition coefficient (Wildman–Crippen LogP) is 12.4. The van der Waals surface area contributed by atoms with Gasteiger partial charge in [-0.2, -0.15) is 0 Å². The minimum atomic E-state index is 0.670. The van der Waals surface area contributed by atoms with Crippen molar-refractivity contribution in [3.05, 3.63) is 164 Å². The Morgan fingerprint density at radius 2 is 1.04 bits per heavy atom. The van der Waals surface area contributed by atoms with E-state index in [0.29, 0.717) is 11.4 Å². The van der Waals surface area contributed by atoms with Crippen LogP contribution in [0.4, 0.5) is 0 Å². The summed E-state index contributed by atoms with van der Waals surface area (Å²) in [4.78, 5) is 10.1. The van der Waals surface area contributed by atoms with Gasteiger partial charge in [-0.15, -0.1) is 0 Å². The van der Waals surface area contributed by atoms with Gasteiger partial charge in [-0.25, -0.2) is 9.97 Å². The first-order valence-electron chi connectivity index (χ1n) is 17.1. The highest BCUT2D eigenvalue weighted by Crippen LogP contribution is 2.41. The van der Waals surface area contributed by atoms with E-state index in [4.69, 9.17) is 18.8 Å². The van der Waals surface area contributed by atoms with E-state index in [1.807, 2.05) is 60.7 Å². The zero-order valence-electron chi connectivity index (χ0n) is 27.2. The molecule has 0 N–H and O–H groups in total. The Balaban J connectivity index is 1.15. The summed E-state index contributed by atoms with van der Waals surface area (Å²) in [5.41, 5.74) is 12.3. The molecule has 5 nitrogen and oxygen atoms in total. The third kappa shape index (κ3) is 4.28. The van der Waals surface area contributed by atoms with E-state index in [0.717, 1.165) is 83.1 Å². The second-order valence-corrected chi connectivity index (χ2v) is 13.0. The number of rotatable bonds is 4. The molecule has 238 valence electrons. The zero-order chi connectivity index (χ0) is 33.5. The molecule has 4 heterocycles. The second kappa shape index (κ2) is 10.8. The van der Waals surface area contributed by atoms with Crippen molar-refractivity contribution in [3.8, 4) is 39.5 Å². The van der Waals surface area contributed by atoms with Gasteiger partial charge in [0.25, 0.3) is 0 Å². The average molecular weight is 654 g/mol. The molecule has 0 bridgehead atoms. The van der Waals surface area contributed by atoms with Crippen LogP contribution in [0.1, 0.15) is 0 Å². The molecule has 0 unspecified atom stereocenters. The van der Waals surface area contributed by atoms with Gasteiger partial charge in [-0.1, -0.05) is 109 Å². The second-order valence-electron chi connectivity index (χ2n) is 13.0. The van der Waals surface area contributed by atoms with Crippen LogP contribution in [0.5, 0.6) is 0 Å². The summed E-state index contributed by atoms with van der Waals surface area (Å²) in [5.74, 6) is 0.670. The first-order chi connectivity index (χ1) is 25.3. The molecular weight excluding hydrogens is 627 g/mol. The van der Waals surface area contributed by atoms with Crippen molar-refractivity contribution in [1.29, 1.82) is 0 Å². The van der Waals surface area contributed by atoms with Crippen molar-refractivity contribution in [3.63, 3.8) is 0 Å². The number of furan rings is 2. The van der Waals surface area contributed by atoms with Crippen LogP contribution in [-0.2, 0) is 0 Å². The van der Waals surface area contributed by atoms with Crippen molar-refractivity contribution < 1.29 is 8.83 Å². The number of para-hydroxylation sites is 2. The quantitative estimate of drug-likeness (QED) is 0.190. The largest absolute Gasteiger partial charge is 0.456 e. The van der Waals surface area contributed by atoms with Crippen LogP contribution in [0.15, 0.2) is 173 Å². The van der Waals surface area contributed by atoms with Crippen molar-refractivity contribution >= 4 is 65.8 Å². The number of aromatic nitrogens is 3. The molecule has 0 aliphatic carbocycles. The summed E-state index contributed by atoms with van der Waals surface area (Å²) in [6.45, 7) is 0. The fraction of sp³-hybridized carbons (Fsp3) is 0. The highest BCUT2D eigenvalue weighted by molar-refractivity contribution is 6.18. The first kappa shape index (κ1) is 27.9. The SMILES string of the molecule is c1ccc(-c2nc(-c3ccccc3)c3oc4ccc(-c5ccc6c(c5)c5cc7c(cc5n6-c5ccccc5)oc5ccccc57)cc4c3n2)cc1. The van der Waals surface area contributed by atoms with Crippen LogP contribution < -0.4 is 0 Å². The lowest BCUT2D eigenvalue weighted by atomic mass is 10.0. The summed E-state index contributed by atoms with van der Waals surface area (Å²) in [5, 5.41) is 5.55. The summed E-state index contributed by atoms with van der Waals surface area (Å²) >= 11 is 0. The molecule has 0 amide bonds. The Morgan fingerprint density at radius 3 is 1.84 bits per heavy atom. The lowest BCUT2D eigenvalue weighted by molar-refractivity contribution is 0.667. The molecule has 0 radical (unpaired) electrons. The van der Waals surface area contributed by atoms with Gasteiger partial charge < -0.3 is 13.4 Å². The molecule has 0 atom stereocenters. The van der Waals surface area contributed by atoms with Crippen molar-refractivity contribution in [1.82, 2.24) is 14.5 Å². The Kier molecular flexibility index (Phi) is 5.89. The van der Waals surface area contributed by atoms with Crippen molar-refractivity contribution in [2.24, 2.45) is 0 Å². The standard InChI is InChI=1S/C46H27N3O2/c1-4-12-28(13-5-1)43-45-44(48-46(47-43)29-14-6-2-7-15-29)37-25-31(21-23-41(37)51-45)30-20-22-38-34(24-30)35-26-36-33-18-10-11-19-40(33)50-42(36)27-39(35)49(38)32-16-8-3-9-17-32/h1-27H. The Morgan fingerprint density at radius 1 is 0.392 bits per heavy atom. The Hall–Kier alpha value is -6.98. The fourth-order valence-electron chi connectivity index (χ4n) is 7.60. The molecule has 0 spiro atoms. The summed E-state index contributed by atoms with van der Waals surface area (Å²) < 4.78 is 15.2. The number of hydrogen-bond donors (Lipinski definition) is 0. The van der Waals surface area contributed by atoms with Crippen LogP contribution >= 0.6 is 0 Å². The molecule has 7 aromatic carbocycles. The van der Waals surface area contributed by atoms with Gasteiger partial charge in [-0.3, -0.25) is 0 Å². The molecule has 0 saturated carbocycles. The van der Waals surface area contributed by atoms with E-state index in [1.54, 1.807) is 0 Å². The normalized spacial score (nSPS) is 11.9. The smallest absolute Gasteiger partial charge is 0.180 e. The monoisotopic (exact) mass is 653 g/mol. The lowest BCUT2D eigenvalue weighted by Crippen LogP contribution is -1.93. The van der Waals surface area contributed by atoms with Crippen molar-refractivity contribution in [2.75, 3.05) is 0 Å². The minimum absolute atomic E-state index is 0.670. The van der Waals surface area contributed by atoms with Crippen LogP contribution in [0.2, 0.25) is 0 Å². The van der Waals surface area contributed by atoms with Crippen LogP contribution in [0, 0.1) is 0 Å². The van der Waals surface area contributed by atoms with Gasteiger partial charge >= 0.3 is 0 Å². The molecule has 11 aromatic rings. The van der Waals surface area contributed by atoms with Gasteiger partial charge in [0, 0.05) is 49.8 Å². The van der Waals surface area contributed by atoms with Gasteiger partial charge in [0.05, 0.1) is 11.0 Å². The molecular formula is C46H27N3O2. The van der Waals surface area contributed by atoms with E-state index in [-0.39, 0.29) is 0 Å².